The summed E-state index contributed by atoms with van der Waals surface area (Å²) in [7, 11) is 1.85. The van der Waals surface area contributed by atoms with Gasteiger partial charge < -0.3 is 5.32 Å². The molecule has 0 aliphatic heterocycles. The maximum absolute atomic E-state index is 13.3. The largest absolute Gasteiger partial charge is 0.309 e. The van der Waals surface area contributed by atoms with Crippen molar-refractivity contribution in [2.75, 3.05) is 7.05 Å². The molecule has 0 fully saturated rings. The highest BCUT2D eigenvalue weighted by atomic mass is 79.9. The monoisotopic (exact) mass is 308 g/mol. The van der Waals surface area contributed by atoms with Crippen LogP contribution in [0.3, 0.4) is 0 Å². The molecule has 0 saturated carbocycles. The molecule has 94 valence electrons. The van der Waals surface area contributed by atoms with Gasteiger partial charge in [-0.15, -0.1) is 0 Å². The minimum absolute atomic E-state index is 0.0810. The van der Waals surface area contributed by atoms with E-state index in [4.69, 9.17) is 0 Å². The topological polar surface area (TPSA) is 24.9 Å². The van der Waals surface area contributed by atoms with Gasteiger partial charge in [0.05, 0.1) is 12.2 Å². The predicted octanol–water partition coefficient (Wildman–Crippen LogP) is 3.60. The van der Waals surface area contributed by atoms with Gasteiger partial charge in [-0.1, -0.05) is 34.1 Å². The Hall–Kier alpha value is -1.26. The lowest BCUT2D eigenvalue weighted by Crippen LogP contribution is -2.18. The van der Waals surface area contributed by atoms with E-state index in [1.165, 1.54) is 12.3 Å². The van der Waals surface area contributed by atoms with E-state index in [2.05, 4.69) is 26.2 Å². The van der Waals surface area contributed by atoms with Gasteiger partial charge in [0.15, 0.2) is 0 Å². The zero-order valence-electron chi connectivity index (χ0n) is 10.2. The van der Waals surface area contributed by atoms with Crippen molar-refractivity contribution in [1.29, 1.82) is 0 Å². The van der Waals surface area contributed by atoms with Crippen LogP contribution in [0.4, 0.5) is 4.39 Å². The van der Waals surface area contributed by atoms with Gasteiger partial charge in [-0.25, -0.2) is 4.39 Å². The number of halogens is 2. The molecule has 4 heteroatoms. The first kappa shape index (κ1) is 13.2. The summed E-state index contributed by atoms with van der Waals surface area (Å²) < 4.78 is 14.3. The van der Waals surface area contributed by atoms with Gasteiger partial charge in [-0.2, -0.15) is 0 Å². The molecule has 1 unspecified atom stereocenters. The van der Waals surface area contributed by atoms with Crippen molar-refractivity contribution in [3.8, 4) is 0 Å². The normalized spacial score (nSPS) is 12.4. The van der Waals surface area contributed by atoms with E-state index in [-0.39, 0.29) is 11.9 Å². The van der Waals surface area contributed by atoms with Gasteiger partial charge in [-0.3, -0.25) is 4.98 Å². The van der Waals surface area contributed by atoms with E-state index in [0.29, 0.717) is 0 Å². The zero-order valence-corrected chi connectivity index (χ0v) is 11.8. The lowest BCUT2D eigenvalue weighted by atomic mass is 9.99. The summed E-state index contributed by atoms with van der Waals surface area (Å²) in [5.74, 6) is -0.323. The van der Waals surface area contributed by atoms with E-state index in [1.807, 2.05) is 32.2 Å². The van der Waals surface area contributed by atoms with Crippen LogP contribution in [0.15, 0.2) is 41.1 Å². The van der Waals surface area contributed by atoms with Crippen molar-refractivity contribution in [2.24, 2.45) is 0 Å². The molecule has 0 saturated heterocycles. The molecule has 0 aliphatic rings. The molecule has 1 aromatic carbocycles. The van der Waals surface area contributed by atoms with Gasteiger partial charge in [-0.05, 0) is 36.7 Å². The molecule has 1 atom stereocenters. The standard InChI is InChI=1S/C14H14BrFN2/c1-9-4-3-5-12(13(9)15)14(17-2)10-6-11(16)8-18-7-10/h3-8,14,17H,1-2H3. The molecule has 2 rings (SSSR count). The average Bonchev–Trinajstić information content (AvgIpc) is 2.35. The van der Waals surface area contributed by atoms with E-state index in [0.717, 1.165) is 21.2 Å². The minimum atomic E-state index is -0.323. The second-order valence-electron chi connectivity index (χ2n) is 4.14. The van der Waals surface area contributed by atoms with E-state index in [1.54, 1.807) is 6.20 Å². The summed E-state index contributed by atoms with van der Waals surface area (Å²) in [5.41, 5.74) is 3.03. The lowest BCUT2D eigenvalue weighted by Gasteiger charge is -2.19. The fraction of sp³-hybridized carbons (Fsp3) is 0.214. The SMILES string of the molecule is CNC(c1cncc(F)c1)c1cccc(C)c1Br. The summed E-state index contributed by atoms with van der Waals surface area (Å²) in [4.78, 5) is 3.90. The van der Waals surface area contributed by atoms with Gasteiger partial charge in [0.2, 0.25) is 0 Å². The van der Waals surface area contributed by atoms with Crippen molar-refractivity contribution >= 4 is 15.9 Å². The first-order valence-electron chi connectivity index (χ1n) is 5.66. The van der Waals surface area contributed by atoms with Gasteiger partial charge in [0, 0.05) is 10.7 Å². The Kier molecular flexibility index (Phi) is 4.09. The van der Waals surface area contributed by atoms with Crippen molar-refractivity contribution in [1.82, 2.24) is 10.3 Å². The van der Waals surface area contributed by atoms with Crippen molar-refractivity contribution in [3.05, 3.63) is 63.6 Å². The van der Waals surface area contributed by atoms with Gasteiger partial charge in [0.1, 0.15) is 5.82 Å². The van der Waals surface area contributed by atoms with E-state index >= 15 is 0 Å². The van der Waals surface area contributed by atoms with Crippen LogP contribution >= 0.6 is 15.9 Å². The second kappa shape index (κ2) is 5.59. The molecule has 0 amide bonds. The predicted molar refractivity (Wildman–Crippen MR) is 74.0 cm³/mol. The number of rotatable bonds is 3. The summed E-state index contributed by atoms with van der Waals surface area (Å²) >= 11 is 3.58. The minimum Gasteiger partial charge on any atom is -0.309 e. The van der Waals surface area contributed by atoms with Crippen LogP contribution in [0, 0.1) is 12.7 Å². The number of aryl methyl sites for hydroxylation is 1. The number of aromatic nitrogens is 1. The number of nitrogens with one attached hydrogen (secondary N) is 1. The maximum atomic E-state index is 13.3. The van der Waals surface area contributed by atoms with Crippen LogP contribution in [-0.4, -0.2) is 12.0 Å². The zero-order chi connectivity index (χ0) is 13.1. The number of hydrogen-bond donors (Lipinski definition) is 1. The molecular formula is C14H14BrFN2. The molecular weight excluding hydrogens is 295 g/mol. The van der Waals surface area contributed by atoms with Crippen molar-refractivity contribution in [2.45, 2.75) is 13.0 Å². The number of benzene rings is 1. The summed E-state index contributed by atoms with van der Waals surface area (Å²) in [6.07, 6.45) is 2.89. The molecule has 1 heterocycles. The molecule has 0 spiro atoms. The highest BCUT2D eigenvalue weighted by Crippen LogP contribution is 2.30. The second-order valence-corrected chi connectivity index (χ2v) is 4.93. The third-order valence-electron chi connectivity index (χ3n) is 2.88. The third-order valence-corrected chi connectivity index (χ3v) is 3.96. The van der Waals surface area contributed by atoms with Crippen molar-refractivity contribution < 1.29 is 4.39 Å². The van der Waals surface area contributed by atoms with Crippen molar-refractivity contribution in [3.63, 3.8) is 0 Å². The smallest absolute Gasteiger partial charge is 0.141 e. The molecule has 2 aromatic rings. The molecule has 0 aliphatic carbocycles. The summed E-state index contributed by atoms with van der Waals surface area (Å²) in [6, 6.07) is 7.46. The Bertz CT molecular complexity index is 557. The summed E-state index contributed by atoms with van der Waals surface area (Å²) in [6.45, 7) is 2.03. The molecule has 18 heavy (non-hydrogen) atoms. The Morgan fingerprint density at radius 1 is 1.33 bits per heavy atom. The number of nitrogens with zero attached hydrogens (tertiary/aromatic N) is 1. The van der Waals surface area contributed by atoms with E-state index < -0.39 is 0 Å². The Morgan fingerprint density at radius 3 is 2.78 bits per heavy atom. The highest BCUT2D eigenvalue weighted by Gasteiger charge is 2.16. The van der Waals surface area contributed by atoms with Gasteiger partial charge in [0.25, 0.3) is 0 Å². The van der Waals surface area contributed by atoms with Gasteiger partial charge >= 0.3 is 0 Å². The van der Waals surface area contributed by atoms with Crippen LogP contribution in [0.1, 0.15) is 22.7 Å². The highest BCUT2D eigenvalue weighted by molar-refractivity contribution is 9.10. The van der Waals surface area contributed by atoms with Crippen LogP contribution in [0.2, 0.25) is 0 Å². The Balaban J connectivity index is 2.49. The summed E-state index contributed by atoms with van der Waals surface area (Å²) in [5, 5.41) is 3.19. The quantitative estimate of drug-likeness (QED) is 0.937. The van der Waals surface area contributed by atoms with Crippen LogP contribution in [-0.2, 0) is 0 Å². The Morgan fingerprint density at radius 2 is 2.11 bits per heavy atom. The molecule has 0 bridgehead atoms. The van der Waals surface area contributed by atoms with Crippen LogP contribution in [0.25, 0.3) is 0 Å². The fourth-order valence-electron chi connectivity index (χ4n) is 1.98. The van der Waals surface area contributed by atoms with Crippen LogP contribution < -0.4 is 5.32 Å². The number of hydrogen-bond acceptors (Lipinski definition) is 2. The van der Waals surface area contributed by atoms with Crippen LogP contribution in [0.5, 0.6) is 0 Å². The van der Waals surface area contributed by atoms with E-state index in [9.17, 15) is 4.39 Å². The average molecular weight is 309 g/mol. The molecule has 2 nitrogen and oxygen atoms in total. The molecule has 0 radical (unpaired) electrons. The molecule has 1 aromatic heterocycles. The molecule has 1 N–H and O–H groups in total. The lowest BCUT2D eigenvalue weighted by molar-refractivity contribution is 0.608. The third kappa shape index (κ3) is 2.60. The first-order valence-corrected chi connectivity index (χ1v) is 6.45. The number of pyridine rings is 1. The fourth-order valence-corrected chi connectivity index (χ4v) is 2.47. The first-order chi connectivity index (χ1) is 8.63. The Labute approximate surface area is 114 Å². The maximum Gasteiger partial charge on any atom is 0.141 e.